The smallest absolute Gasteiger partial charge is 0.462 e. The summed E-state index contributed by atoms with van der Waals surface area (Å²) in [6.45, 7) is 7.50. The summed E-state index contributed by atoms with van der Waals surface area (Å²) in [6, 6.07) is 0. The zero-order valence-electron chi connectivity index (χ0n) is 11.9. The topological polar surface area (TPSA) is 54.0 Å². The summed E-state index contributed by atoms with van der Waals surface area (Å²) in [4.78, 5) is 11.3. The average molecular weight is 276 g/mol. The zero-order valence-corrected chi connectivity index (χ0v) is 12.9. The Morgan fingerprint density at radius 3 is 2.06 bits per heavy atom. The van der Waals surface area contributed by atoms with Crippen molar-refractivity contribution in [3.05, 3.63) is 12.2 Å². The van der Waals surface area contributed by atoms with E-state index in [9.17, 15) is 4.79 Å². The van der Waals surface area contributed by atoms with Crippen molar-refractivity contribution in [3.63, 3.8) is 0 Å². The van der Waals surface area contributed by atoms with E-state index >= 15 is 0 Å². The van der Waals surface area contributed by atoms with Crippen molar-refractivity contribution in [3.8, 4) is 0 Å². The first kappa shape index (κ1) is 17.3. The van der Waals surface area contributed by atoms with Gasteiger partial charge in [-0.2, -0.15) is 0 Å². The van der Waals surface area contributed by atoms with Crippen molar-refractivity contribution in [2.24, 2.45) is 0 Å². The van der Waals surface area contributed by atoms with E-state index in [1.165, 1.54) is 0 Å². The monoisotopic (exact) mass is 276 g/mol. The van der Waals surface area contributed by atoms with Gasteiger partial charge in [0.25, 0.3) is 0 Å². The molecular weight excluding hydrogens is 252 g/mol. The first-order valence-electron chi connectivity index (χ1n) is 5.95. The summed E-state index contributed by atoms with van der Waals surface area (Å²) in [5.41, 5.74) is 0.507. The zero-order chi connectivity index (χ0) is 14.2. The molecule has 0 aliphatic heterocycles. The number of ether oxygens (including phenoxy) is 1. The molecule has 0 aliphatic carbocycles. The lowest BCUT2D eigenvalue weighted by atomic mass is 10.2. The Labute approximate surface area is 110 Å². The highest BCUT2D eigenvalue weighted by atomic mass is 28.4. The number of carbonyl (C=O) groups excluding carboxylic acids is 1. The SMILES string of the molecule is C=C(C)C(=O)OCCC(CC)[Si](OC)(OC)OC. The van der Waals surface area contributed by atoms with Crippen LogP contribution in [0.25, 0.3) is 0 Å². The van der Waals surface area contributed by atoms with Crippen LogP contribution in [-0.4, -0.2) is 42.7 Å². The van der Waals surface area contributed by atoms with Crippen LogP contribution < -0.4 is 0 Å². The predicted octanol–water partition coefficient (Wildman–Crippen LogP) is 2.15. The summed E-state index contributed by atoms with van der Waals surface area (Å²) < 4.78 is 21.4. The molecular formula is C12H24O5Si. The highest BCUT2D eigenvalue weighted by Crippen LogP contribution is 2.30. The molecule has 0 amide bonds. The minimum atomic E-state index is -2.66. The van der Waals surface area contributed by atoms with E-state index in [2.05, 4.69) is 6.58 Å². The molecule has 6 heteroatoms. The van der Waals surface area contributed by atoms with Gasteiger partial charge in [-0.15, -0.1) is 0 Å². The summed E-state index contributed by atoms with van der Waals surface area (Å²) >= 11 is 0. The third-order valence-corrected chi connectivity index (χ3v) is 6.30. The molecule has 0 aromatic rings. The fraction of sp³-hybridized carbons (Fsp3) is 0.750. The molecule has 0 saturated carbocycles. The minimum absolute atomic E-state index is 0.107. The third kappa shape index (κ3) is 4.53. The van der Waals surface area contributed by atoms with E-state index in [0.29, 0.717) is 18.6 Å². The number of carbonyl (C=O) groups is 1. The maximum Gasteiger partial charge on any atom is 0.503 e. The lowest BCUT2D eigenvalue weighted by Crippen LogP contribution is -2.47. The molecule has 106 valence electrons. The van der Waals surface area contributed by atoms with Gasteiger partial charge in [0.15, 0.2) is 0 Å². The Bertz CT molecular complexity index is 267. The van der Waals surface area contributed by atoms with Crippen LogP contribution in [0.2, 0.25) is 5.54 Å². The van der Waals surface area contributed by atoms with Crippen molar-refractivity contribution in [2.45, 2.75) is 32.2 Å². The first-order chi connectivity index (χ1) is 8.47. The van der Waals surface area contributed by atoms with Crippen molar-refractivity contribution in [1.29, 1.82) is 0 Å². The number of rotatable bonds is 9. The van der Waals surface area contributed by atoms with Crippen molar-refractivity contribution < 1.29 is 22.8 Å². The van der Waals surface area contributed by atoms with E-state index in [-0.39, 0.29) is 11.5 Å². The quantitative estimate of drug-likeness (QED) is 0.367. The average Bonchev–Trinajstić information content (AvgIpc) is 2.38. The molecule has 1 unspecified atom stereocenters. The Morgan fingerprint density at radius 2 is 1.72 bits per heavy atom. The van der Waals surface area contributed by atoms with Crippen LogP contribution >= 0.6 is 0 Å². The van der Waals surface area contributed by atoms with E-state index in [4.69, 9.17) is 18.0 Å². The maximum atomic E-state index is 11.3. The van der Waals surface area contributed by atoms with Crippen LogP contribution in [0, 0.1) is 0 Å². The molecule has 0 heterocycles. The van der Waals surface area contributed by atoms with Gasteiger partial charge in [0.2, 0.25) is 0 Å². The van der Waals surface area contributed by atoms with Crippen LogP contribution in [0.15, 0.2) is 12.2 Å². The summed E-state index contributed by atoms with van der Waals surface area (Å²) in [5, 5.41) is 0. The number of hydrogen-bond acceptors (Lipinski definition) is 5. The molecule has 0 spiro atoms. The molecule has 0 N–H and O–H groups in total. The molecule has 0 aliphatic rings. The fourth-order valence-electron chi connectivity index (χ4n) is 1.80. The predicted molar refractivity (Wildman–Crippen MR) is 71.2 cm³/mol. The second-order valence-electron chi connectivity index (χ2n) is 4.03. The van der Waals surface area contributed by atoms with E-state index < -0.39 is 8.80 Å². The molecule has 0 aromatic carbocycles. The van der Waals surface area contributed by atoms with Gasteiger partial charge >= 0.3 is 14.8 Å². The van der Waals surface area contributed by atoms with Crippen molar-refractivity contribution in [1.82, 2.24) is 0 Å². The highest BCUT2D eigenvalue weighted by Gasteiger charge is 2.45. The van der Waals surface area contributed by atoms with Crippen molar-refractivity contribution >= 4 is 14.8 Å². The van der Waals surface area contributed by atoms with Crippen molar-refractivity contribution in [2.75, 3.05) is 27.9 Å². The highest BCUT2D eigenvalue weighted by molar-refractivity contribution is 6.62. The first-order valence-corrected chi connectivity index (χ1v) is 7.75. The van der Waals surface area contributed by atoms with Gasteiger partial charge in [0.1, 0.15) is 0 Å². The van der Waals surface area contributed by atoms with Crippen LogP contribution in [-0.2, 0) is 22.8 Å². The number of esters is 1. The van der Waals surface area contributed by atoms with Gasteiger partial charge in [-0.3, -0.25) is 0 Å². The van der Waals surface area contributed by atoms with E-state index in [0.717, 1.165) is 6.42 Å². The van der Waals surface area contributed by atoms with Gasteiger partial charge < -0.3 is 18.0 Å². The van der Waals surface area contributed by atoms with Gasteiger partial charge in [0.05, 0.1) is 6.61 Å². The van der Waals surface area contributed by atoms with Crippen LogP contribution in [0.4, 0.5) is 0 Å². The van der Waals surface area contributed by atoms with E-state index in [1.807, 2.05) is 6.92 Å². The largest absolute Gasteiger partial charge is 0.503 e. The molecule has 5 nitrogen and oxygen atoms in total. The molecule has 18 heavy (non-hydrogen) atoms. The molecule has 1 atom stereocenters. The van der Waals surface area contributed by atoms with Gasteiger partial charge in [-0.05, 0) is 19.8 Å². The summed E-state index contributed by atoms with van der Waals surface area (Å²) in [7, 11) is 2.10. The fourth-order valence-corrected chi connectivity index (χ4v) is 4.27. The third-order valence-electron chi connectivity index (χ3n) is 2.89. The minimum Gasteiger partial charge on any atom is -0.462 e. The molecule has 0 fully saturated rings. The summed E-state index contributed by atoms with van der Waals surface area (Å²) in [6.07, 6.45) is 1.49. The van der Waals surface area contributed by atoms with Crippen LogP contribution in [0.1, 0.15) is 26.7 Å². The summed E-state index contributed by atoms with van der Waals surface area (Å²) in [5.74, 6) is -0.371. The second kappa shape index (κ2) is 8.42. The van der Waals surface area contributed by atoms with Gasteiger partial charge in [-0.25, -0.2) is 4.79 Å². The molecule has 0 bridgehead atoms. The normalized spacial score (nSPS) is 13.2. The molecule has 0 radical (unpaired) electrons. The van der Waals surface area contributed by atoms with Gasteiger partial charge in [0, 0.05) is 32.4 Å². The van der Waals surface area contributed by atoms with Gasteiger partial charge in [-0.1, -0.05) is 13.5 Å². The lowest BCUT2D eigenvalue weighted by molar-refractivity contribution is -0.139. The Hall–Kier alpha value is -0.693. The molecule has 0 rings (SSSR count). The van der Waals surface area contributed by atoms with E-state index in [1.54, 1.807) is 28.3 Å². The standard InChI is InChI=1S/C12H24O5Si/c1-7-11(18(14-4,15-5)16-6)8-9-17-12(13)10(2)3/h11H,2,7-9H2,1,3-6H3. The lowest BCUT2D eigenvalue weighted by Gasteiger charge is -2.31. The van der Waals surface area contributed by atoms with Crippen LogP contribution in [0.3, 0.4) is 0 Å². The molecule has 0 aromatic heterocycles. The Kier molecular flexibility index (Phi) is 8.09. The molecule has 0 saturated heterocycles. The Balaban J connectivity index is 4.42. The van der Waals surface area contributed by atoms with Crippen LogP contribution in [0.5, 0.6) is 0 Å². The Morgan fingerprint density at radius 1 is 1.22 bits per heavy atom. The second-order valence-corrected chi connectivity index (χ2v) is 7.27. The maximum absolute atomic E-state index is 11.3. The number of hydrogen-bond donors (Lipinski definition) is 0.